The zero-order valence-electron chi connectivity index (χ0n) is 22.6. The van der Waals surface area contributed by atoms with Crippen LogP contribution in [-0.4, -0.2) is 37.6 Å². The normalized spacial score (nSPS) is 11.0. The van der Waals surface area contributed by atoms with E-state index in [0.29, 0.717) is 6.61 Å². The van der Waals surface area contributed by atoms with Crippen LogP contribution in [0.15, 0.2) is 24.3 Å². The Labute approximate surface area is 221 Å². The van der Waals surface area contributed by atoms with Crippen LogP contribution >= 0.6 is 8.58 Å². The summed E-state index contributed by atoms with van der Waals surface area (Å²) in [6.45, 7) is 14.1. The molecule has 1 atom stereocenters. The molecule has 0 N–H and O–H groups in total. The van der Waals surface area contributed by atoms with Crippen molar-refractivity contribution in [1.82, 2.24) is 0 Å². The summed E-state index contributed by atoms with van der Waals surface area (Å²) in [6, 6.07) is 8.11. The predicted molar refractivity (Wildman–Crippen MR) is 149 cm³/mol. The second-order valence-corrected chi connectivity index (χ2v) is 10.3. The van der Waals surface area contributed by atoms with E-state index in [9.17, 15) is 4.79 Å². The minimum Gasteiger partial charge on any atom is -0.493 e. The van der Waals surface area contributed by atoms with Crippen molar-refractivity contribution in [1.29, 1.82) is 0 Å². The fraction of sp³-hybridized carbons (Fsp3) is 0.552. The van der Waals surface area contributed by atoms with Gasteiger partial charge in [0, 0.05) is 35.8 Å². The number of hydrogen-bond donors (Lipinski definition) is 0. The molecule has 0 aliphatic carbocycles. The first-order valence-electron chi connectivity index (χ1n) is 12.7. The summed E-state index contributed by atoms with van der Waals surface area (Å²) in [5, 5.41) is 0.964. The van der Waals surface area contributed by atoms with E-state index in [1.54, 1.807) is 0 Å². The van der Waals surface area contributed by atoms with Gasteiger partial charge in [-0.25, -0.2) is 0 Å². The molecule has 0 saturated carbocycles. The molecule has 1 unspecified atom stereocenters. The van der Waals surface area contributed by atoms with Gasteiger partial charge in [0.25, 0.3) is 0 Å². The molecular weight excluding hydrogens is 434 g/mol. The van der Waals surface area contributed by atoms with Crippen molar-refractivity contribution in [2.24, 2.45) is 0 Å². The van der Waals surface area contributed by atoms with E-state index in [2.05, 4.69) is 40.7 Å². The summed E-state index contributed by atoms with van der Waals surface area (Å²) < 4.78 is 12.2. The maximum atomic E-state index is 13.4. The van der Waals surface area contributed by atoms with Gasteiger partial charge in [-0.15, -0.1) is 0 Å². The number of ether oxygens (including phenoxy) is 2. The number of carbonyl (C=O) groups is 1. The van der Waals surface area contributed by atoms with E-state index < -0.39 is 0 Å². The van der Waals surface area contributed by atoms with Crippen LogP contribution in [0.3, 0.4) is 0 Å². The number of rotatable bonds is 15. The maximum absolute atomic E-state index is 13.4. The minimum atomic E-state index is 0. The van der Waals surface area contributed by atoms with E-state index in [1.807, 2.05) is 25.1 Å². The molecule has 34 heavy (non-hydrogen) atoms. The molecule has 0 heterocycles. The summed E-state index contributed by atoms with van der Waals surface area (Å²) in [5.74, 6) is 1.62. The van der Waals surface area contributed by atoms with Gasteiger partial charge >= 0.3 is 0 Å². The molecule has 0 spiro atoms. The first-order valence-corrected chi connectivity index (χ1v) is 13.7. The number of aryl methyl sites for hydroxylation is 2. The van der Waals surface area contributed by atoms with Gasteiger partial charge in [-0.2, -0.15) is 0 Å². The van der Waals surface area contributed by atoms with Crippen molar-refractivity contribution in [3.63, 3.8) is 0 Å². The molecule has 3 nitrogen and oxygen atoms in total. The molecule has 183 valence electrons. The molecule has 2 aromatic carbocycles. The van der Waals surface area contributed by atoms with Crippen molar-refractivity contribution < 1.29 is 14.3 Å². The monoisotopic (exact) mass is 477 g/mol. The Hall–Kier alpha value is -1.26. The third kappa shape index (κ3) is 9.41. The Morgan fingerprint density at radius 1 is 0.765 bits per heavy atom. The fourth-order valence-electron chi connectivity index (χ4n) is 4.06. The van der Waals surface area contributed by atoms with E-state index >= 15 is 0 Å². The van der Waals surface area contributed by atoms with Crippen LogP contribution in [0, 0.1) is 27.7 Å². The van der Waals surface area contributed by atoms with Gasteiger partial charge in [-0.1, -0.05) is 58.4 Å². The Morgan fingerprint density at radius 2 is 1.38 bits per heavy atom. The second-order valence-electron chi connectivity index (χ2n) is 9.07. The Bertz CT molecular complexity index is 911. The van der Waals surface area contributed by atoms with E-state index in [0.717, 1.165) is 52.9 Å². The quantitative estimate of drug-likeness (QED) is 0.150. The van der Waals surface area contributed by atoms with Crippen molar-refractivity contribution >= 4 is 38.3 Å². The molecule has 1 radical (unpaired) electrons. The van der Waals surface area contributed by atoms with Crippen molar-refractivity contribution in [3.8, 4) is 11.5 Å². The largest absolute Gasteiger partial charge is 0.493 e. The molecule has 2 aromatic rings. The van der Waals surface area contributed by atoms with Gasteiger partial charge < -0.3 is 9.47 Å². The van der Waals surface area contributed by atoms with Crippen LogP contribution in [0.4, 0.5) is 0 Å². The van der Waals surface area contributed by atoms with Crippen molar-refractivity contribution in [3.05, 3.63) is 52.1 Å². The molecular formula is C29H43LiO3P. The third-order valence-electron chi connectivity index (χ3n) is 6.31. The number of unbranched alkanes of at least 4 members (excludes halogenated alkanes) is 6. The van der Waals surface area contributed by atoms with Gasteiger partial charge in [-0.05, 0) is 83.5 Å². The zero-order valence-corrected chi connectivity index (χ0v) is 23.6. The Balaban J connectivity index is 0.00000578. The summed E-state index contributed by atoms with van der Waals surface area (Å²) in [6.07, 6.45) is 9.35. The van der Waals surface area contributed by atoms with E-state index in [1.165, 1.54) is 49.7 Å². The smallest absolute Gasteiger partial charge is 0.186 e. The molecule has 0 fully saturated rings. The minimum absolute atomic E-state index is 0. The predicted octanol–water partition coefficient (Wildman–Crippen LogP) is 7.60. The SMILES string of the molecule is CCCCCCOc1ccc(PC(=O)c2c(C)cc(C)c(C)c2C)c(OCCCCCC)c1.[Li]. The van der Waals surface area contributed by atoms with E-state index in [4.69, 9.17) is 9.47 Å². The fourth-order valence-corrected chi connectivity index (χ4v) is 5.25. The van der Waals surface area contributed by atoms with Crippen LogP contribution < -0.4 is 14.8 Å². The topological polar surface area (TPSA) is 35.5 Å². The van der Waals surface area contributed by atoms with Gasteiger partial charge in [0.05, 0.1) is 13.2 Å². The van der Waals surface area contributed by atoms with Gasteiger partial charge in [0.1, 0.15) is 11.5 Å². The molecule has 0 aliphatic rings. The van der Waals surface area contributed by atoms with Crippen LogP contribution in [0.2, 0.25) is 0 Å². The summed E-state index contributed by atoms with van der Waals surface area (Å²) >= 11 is 0. The summed E-state index contributed by atoms with van der Waals surface area (Å²) in [5.41, 5.74) is 5.63. The van der Waals surface area contributed by atoms with Crippen molar-refractivity contribution in [2.75, 3.05) is 13.2 Å². The van der Waals surface area contributed by atoms with Crippen LogP contribution in [0.1, 0.15) is 97.8 Å². The van der Waals surface area contributed by atoms with E-state index in [-0.39, 0.29) is 33.0 Å². The van der Waals surface area contributed by atoms with Crippen LogP contribution in [-0.2, 0) is 0 Å². The van der Waals surface area contributed by atoms with Gasteiger partial charge in [0.15, 0.2) is 5.52 Å². The second kappa shape index (κ2) is 16.4. The molecule has 0 bridgehead atoms. The Kier molecular flexibility index (Phi) is 14.9. The number of hydrogen-bond acceptors (Lipinski definition) is 3. The average molecular weight is 478 g/mol. The average Bonchev–Trinajstić information content (AvgIpc) is 2.78. The maximum Gasteiger partial charge on any atom is 0.186 e. The first kappa shape index (κ1) is 30.8. The number of benzene rings is 2. The molecule has 0 aliphatic heterocycles. The zero-order chi connectivity index (χ0) is 24.2. The van der Waals surface area contributed by atoms with Crippen LogP contribution in [0.5, 0.6) is 11.5 Å². The number of carbonyl (C=O) groups excluding carboxylic acids is 1. The summed E-state index contributed by atoms with van der Waals surface area (Å²) in [7, 11) is 0.0318. The van der Waals surface area contributed by atoms with Crippen molar-refractivity contribution in [2.45, 2.75) is 92.9 Å². The first-order chi connectivity index (χ1) is 15.9. The molecule has 2 rings (SSSR count). The third-order valence-corrected chi connectivity index (χ3v) is 7.47. The standard InChI is InChI=1S/C29H43O3P.Li/c1-7-9-11-13-17-31-25-15-16-27(26(20-25)32-18-14-12-10-8-2)33-29(30)28-22(4)19-21(3)23(5)24(28)6;/h15-16,19-20,33H,7-14,17-18H2,1-6H3;. The molecule has 0 amide bonds. The molecule has 0 aromatic heterocycles. The summed E-state index contributed by atoms with van der Waals surface area (Å²) in [4.78, 5) is 13.4. The van der Waals surface area contributed by atoms with Crippen LogP contribution in [0.25, 0.3) is 0 Å². The Morgan fingerprint density at radius 3 is 2.00 bits per heavy atom. The van der Waals surface area contributed by atoms with Gasteiger partial charge in [0.2, 0.25) is 0 Å². The molecule has 5 heteroatoms. The molecule has 0 saturated heterocycles. The van der Waals surface area contributed by atoms with Gasteiger partial charge in [-0.3, -0.25) is 4.79 Å².